The fraction of sp³-hybridized carbons (Fsp3) is 0.533. The summed E-state index contributed by atoms with van der Waals surface area (Å²) in [5.41, 5.74) is 7.63. The van der Waals surface area contributed by atoms with Crippen LogP contribution in [-0.4, -0.2) is 18.6 Å². The summed E-state index contributed by atoms with van der Waals surface area (Å²) in [5, 5.41) is 8.88. The van der Waals surface area contributed by atoms with Crippen LogP contribution in [0.3, 0.4) is 0 Å². The Kier molecular flexibility index (Phi) is 5.18. The Balaban J connectivity index is 2.53. The van der Waals surface area contributed by atoms with Crippen molar-refractivity contribution in [1.29, 1.82) is 5.26 Å². The molecule has 0 bridgehead atoms. The van der Waals surface area contributed by atoms with Crippen molar-refractivity contribution in [3.63, 3.8) is 0 Å². The van der Waals surface area contributed by atoms with Crippen LogP contribution >= 0.6 is 0 Å². The highest BCUT2D eigenvalue weighted by Gasteiger charge is 2.16. The lowest BCUT2D eigenvalue weighted by Crippen LogP contribution is -2.35. The number of benzene rings is 1. The van der Waals surface area contributed by atoms with Gasteiger partial charge in [0.2, 0.25) is 0 Å². The summed E-state index contributed by atoms with van der Waals surface area (Å²) < 4.78 is 0. The Morgan fingerprint density at radius 2 is 1.94 bits per heavy atom. The third kappa shape index (κ3) is 4.38. The van der Waals surface area contributed by atoms with Gasteiger partial charge in [0.15, 0.2) is 0 Å². The maximum absolute atomic E-state index is 8.88. The molecule has 0 heterocycles. The van der Waals surface area contributed by atoms with Crippen molar-refractivity contribution in [2.75, 3.05) is 18.0 Å². The van der Waals surface area contributed by atoms with Crippen LogP contribution in [0, 0.1) is 18.3 Å². The zero-order valence-corrected chi connectivity index (χ0v) is 11.6. The SMILES string of the molecule is CCN(CCCC(C)(N)C#N)c1ccc(C)cc1. The van der Waals surface area contributed by atoms with Crippen LogP contribution < -0.4 is 10.6 Å². The van der Waals surface area contributed by atoms with E-state index in [-0.39, 0.29) is 0 Å². The quantitative estimate of drug-likeness (QED) is 0.838. The second kappa shape index (κ2) is 6.42. The number of hydrogen-bond donors (Lipinski definition) is 1. The van der Waals surface area contributed by atoms with Gasteiger partial charge < -0.3 is 10.6 Å². The van der Waals surface area contributed by atoms with Gasteiger partial charge in [0.25, 0.3) is 0 Å². The van der Waals surface area contributed by atoms with Crippen molar-refractivity contribution in [3.05, 3.63) is 29.8 Å². The number of nitrogens with two attached hydrogens (primary N) is 1. The van der Waals surface area contributed by atoms with Crippen molar-refractivity contribution >= 4 is 5.69 Å². The number of nitriles is 1. The number of hydrogen-bond acceptors (Lipinski definition) is 3. The topological polar surface area (TPSA) is 53.0 Å². The van der Waals surface area contributed by atoms with Crippen LogP contribution in [0.4, 0.5) is 5.69 Å². The first kappa shape index (κ1) is 14.5. The molecule has 98 valence electrons. The fourth-order valence-electron chi connectivity index (χ4n) is 1.92. The van der Waals surface area contributed by atoms with E-state index in [2.05, 4.69) is 49.1 Å². The van der Waals surface area contributed by atoms with Gasteiger partial charge in [-0.05, 0) is 45.7 Å². The Morgan fingerprint density at radius 1 is 1.33 bits per heavy atom. The van der Waals surface area contributed by atoms with Gasteiger partial charge in [-0.1, -0.05) is 17.7 Å². The summed E-state index contributed by atoms with van der Waals surface area (Å²) in [5.74, 6) is 0. The molecule has 0 aliphatic heterocycles. The first-order valence-electron chi connectivity index (χ1n) is 6.50. The molecule has 3 nitrogen and oxygen atoms in total. The van der Waals surface area contributed by atoms with E-state index in [0.717, 1.165) is 25.9 Å². The Morgan fingerprint density at radius 3 is 2.44 bits per heavy atom. The highest BCUT2D eigenvalue weighted by Crippen LogP contribution is 2.16. The molecule has 0 saturated carbocycles. The van der Waals surface area contributed by atoms with E-state index in [1.54, 1.807) is 6.92 Å². The number of anilines is 1. The van der Waals surface area contributed by atoms with E-state index in [9.17, 15) is 0 Å². The molecule has 0 radical (unpaired) electrons. The Hall–Kier alpha value is -1.53. The third-order valence-electron chi connectivity index (χ3n) is 3.16. The Labute approximate surface area is 110 Å². The van der Waals surface area contributed by atoms with Crippen LogP contribution in [0.1, 0.15) is 32.3 Å². The molecule has 1 atom stereocenters. The highest BCUT2D eigenvalue weighted by molar-refractivity contribution is 5.47. The zero-order chi connectivity index (χ0) is 13.6. The first-order valence-corrected chi connectivity index (χ1v) is 6.50. The minimum Gasteiger partial charge on any atom is -0.372 e. The third-order valence-corrected chi connectivity index (χ3v) is 3.16. The molecule has 1 aromatic carbocycles. The van der Waals surface area contributed by atoms with E-state index in [1.165, 1.54) is 11.3 Å². The van der Waals surface area contributed by atoms with Crippen molar-refractivity contribution in [2.45, 2.75) is 39.2 Å². The molecule has 3 heteroatoms. The fourth-order valence-corrected chi connectivity index (χ4v) is 1.92. The maximum atomic E-state index is 8.88. The summed E-state index contributed by atoms with van der Waals surface area (Å²) >= 11 is 0. The largest absolute Gasteiger partial charge is 0.372 e. The van der Waals surface area contributed by atoms with Gasteiger partial charge in [-0.15, -0.1) is 0 Å². The molecule has 18 heavy (non-hydrogen) atoms. The molecule has 0 aromatic heterocycles. The average molecular weight is 245 g/mol. The van der Waals surface area contributed by atoms with Gasteiger partial charge >= 0.3 is 0 Å². The molecule has 2 N–H and O–H groups in total. The summed E-state index contributed by atoms with van der Waals surface area (Å²) in [6, 6.07) is 10.7. The zero-order valence-electron chi connectivity index (χ0n) is 11.6. The molecular formula is C15H23N3. The van der Waals surface area contributed by atoms with Gasteiger partial charge in [0, 0.05) is 18.8 Å². The van der Waals surface area contributed by atoms with E-state index in [0.29, 0.717) is 0 Å². The van der Waals surface area contributed by atoms with E-state index in [1.807, 2.05) is 0 Å². The van der Waals surface area contributed by atoms with E-state index >= 15 is 0 Å². The summed E-state index contributed by atoms with van der Waals surface area (Å²) in [4.78, 5) is 2.31. The normalized spacial score (nSPS) is 13.7. The minimum atomic E-state index is -0.702. The van der Waals surface area contributed by atoms with Gasteiger partial charge in [0.05, 0.1) is 6.07 Å². The van der Waals surface area contributed by atoms with E-state index in [4.69, 9.17) is 11.0 Å². The molecule has 1 aromatic rings. The first-order chi connectivity index (χ1) is 8.48. The molecule has 0 fully saturated rings. The Bertz CT molecular complexity index is 401. The maximum Gasteiger partial charge on any atom is 0.101 e. The van der Waals surface area contributed by atoms with Crippen LogP contribution in [0.15, 0.2) is 24.3 Å². The smallest absolute Gasteiger partial charge is 0.101 e. The number of nitrogens with zero attached hydrogens (tertiary/aromatic N) is 2. The van der Waals surface area contributed by atoms with Crippen molar-refractivity contribution in [1.82, 2.24) is 0 Å². The van der Waals surface area contributed by atoms with Gasteiger partial charge in [-0.3, -0.25) is 0 Å². The van der Waals surface area contributed by atoms with Gasteiger partial charge in [-0.25, -0.2) is 0 Å². The standard InChI is InChI=1S/C15H23N3/c1-4-18(11-5-10-15(3,17)12-16)14-8-6-13(2)7-9-14/h6-9H,4-5,10-11,17H2,1-3H3. The van der Waals surface area contributed by atoms with Crippen molar-refractivity contribution < 1.29 is 0 Å². The molecule has 1 rings (SSSR count). The monoisotopic (exact) mass is 245 g/mol. The van der Waals surface area contributed by atoms with E-state index < -0.39 is 5.54 Å². The van der Waals surface area contributed by atoms with Crippen LogP contribution in [0.2, 0.25) is 0 Å². The summed E-state index contributed by atoms with van der Waals surface area (Å²) in [6.45, 7) is 7.93. The molecule has 0 spiro atoms. The number of aryl methyl sites for hydroxylation is 1. The lowest BCUT2D eigenvalue weighted by atomic mass is 9.99. The average Bonchev–Trinajstić information content (AvgIpc) is 2.36. The van der Waals surface area contributed by atoms with Crippen LogP contribution in [-0.2, 0) is 0 Å². The molecule has 0 saturated heterocycles. The van der Waals surface area contributed by atoms with Gasteiger partial charge in [0.1, 0.15) is 5.54 Å². The molecule has 0 aliphatic rings. The molecular weight excluding hydrogens is 222 g/mol. The predicted molar refractivity (Wildman–Crippen MR) is 76.5 cm³/mol. The molecule has 0 amide bonds. The summed E-state index contributed by atoms with van der Waals surface area (Å²) in [7, 11) is 0. The highest BCUT2D eigenvalue weighted by atomic mass is 15.1. The lowest BCUT2D eigenvalue weighted by molar-refractivity contribution is 0.519. The second-order valence-electron chi connectivity index (χ2n) is 5.05. The van der Waals surface area contributed by atoms with Gasteiger partial charge in [-0.2, -0.15) is 5.26 Å². The van der Waals surface area contributed by atoms with Crippen molar-refractivity contribution in [2.24, 2.45) is 5.73 Å². The predicted octanol–water partition coefficient (Wildman–Crippen LogP) is 2.84. The number of rotatable bonds is 6. The van der Waals surface area contributed by atoms with Crippen LogP contribution in [0.25, 0.3) is 0 Å². The second-order valence-corrected chi connectivity index (χ2v) is 5.05. The summed E-state index contributed by atoms with van der Waals surface area (Å²) in [6.07, 6.45) is 1.66. The molecule has 1 unspecified atom stereocenters. The van der Waals surface area contributed by atoms with Crippen LogP contribution in [0.5, 0.6) is 0 Å². The molecule has 0 aliphatic carbocycles. The minimum absolute atomic E-state index is 0.702. The lowest BCUT2D eigenvalue weighted by Gasteiger charge is -2.24. The van der Waals surface area contributed by atoms with Crippen molar-refractivity contribution in [3.8, 4) is 6.07 Å².